The number of hydrogen-bond acceptors (Lipinski definition) is 6. The zero-order valence-electron chi connectivity index (χ0n) is 11.2. The third-order valence-electron chi connectivity index (χ3n) is 2.97. The number of ether oxygens (including phenoxy) is 2. The summed E-state index contributed by atoms with van der Waals surface area (Å²) in [4.78, 5) is 7.68. The zero-order chi connectivity index (χ0) is 12.8. The molecule has 0 unspecified atom stereocenters. The first-order valence-electron chi connectivity index (χ1n) is 6.39. The highest BCUT2D eigenvalue weighted by molar-refractivity contribution is 7.15. The Morgan fingerprint density at radius 2 is 2.37 bits per heavy atom. The first kappa shape index (κ1) is 16.7. The van der Waals surface area contributed by atoms with Crippen molar-refractivity contribution in [1.29, 1.82) is 0 Å². The fraction of sp³-hybridized carbons (Fsp3) is 0.750. The molecule has 1 aliphatic rings. The van der Waals surface area contributed by atoms with E-state index in [-0.39, 0.29) is 12.4 Å². The molecule has 7 heteroatoms. The maximum Gasteiger partial charge on any atom is 0.180 e. The van der Waals surface area contributed by atoms with E-state index in [9.17, 15) is 0 Å². The van der Waals surface area contributed by atoms with Crippen molar-refractivity contribution in [3.8, 4) is 0 Å². The van der Waals surface area contributed by atoms with Gasteiger partial charge in [0, 0.05) is 37.3 Å². The second-order valence-corrected chi connectivity index (χ2v) is 5.53. The molecule has 110 valence electrons. The first-order chi connectivity index (χ1) is 8.78. The lowest BCUT2D eigenvalue weighted by atomic mass is 10.3. The summed E-state index contributed by atoms with van der Waals surface area (Å²) in [5, 5.41) is 0.647. The van der Waals surface area contributed by atoms with Crippen LogP contribution < -0.4 is 5.73 Å². The lowest BCUT2D eigenvalue weighted by molar-refractivity contribution is 0.0117. The molecule has 5 nitrogen and oxygen atoms in total. The average Bonchev–Trinajstić information content (AvgIpc) is 2.95. The molecule has 1 aliphatic heterocycles. The van der Waals surface area contributed by atoms with Crippen molar-refractivity contribution in [2.24, 2.45) is 0 Å². The maximum absolute atomic E-state index is 5.77. The summed E-state index contributed by atoms with van der Waals surface area (Å²) in [6.45, 7) is 7.14. The monoisotopic (exact) mass is 307 g/mol. The van der Waals surface area contributed by atoms with Crippen molar-refractivity contribution in [3.05, 3.63) is 11.1 Å². The van der Waals surface area contributed by atoms with Gasteiger partial charge in [-0.1, -0.05) is 0 Å². The molecule has 0 amide bonds. The minimum Gasteiger partial charge on any atom is -0.379 e. The Kier molecular flexibility index (Phi) is 7.63. The summed E-state index contributed by atoms with van der Waals surface area (Å²) >= 11 is 1.56. The molecule has 1 fully saturated rings. The molecule has 1 atom stereocenters. The molecule has 19 heavy (non-hydrogen) atoms. The topological polar surface area (TPSA) is 60.6 Å². The smallest absolute Gasteiger partial charge is 0.180 e. The van der Waals surface area contributed by atoms with Crippen LogP contribution in [0.4, 0.5) is 5.13 Å². The van der Waals surface area contributed by atoms with E-state index < -0.39 is 0 Å². The Labute approximate surface area is 124 Å². The van der Waals surface area contributed by atoms with Gasteiger partial charge in [-0.3, -0.25) is 4.90 Å². The van der Waals surface area contributed by atoms with Gasteiger partial charge in [-0.2, -0.15) is 0 Å². The molecule has 2 rings (SSSR count). The molecule has 0 aromatic carbocycles. The summed E-state index contributed by atoms with van der Waals surface area (Å²) in [7, 11) is 0. The number of anilines is 1. The summed E-state index contributed by atoms with van der Waals surface area (Å²) in [5.41, 5.74) is 5.62. The SMILES string of the molecule is CCOCCO[C@H]1CCN(Cc2cnc(N)s2)C1.Cl. The molecule has 2 heterocycles. The fourth-order valence-corrected chi connectivity index (χ4v) is 2.84. The van der Waals surface area contributed by atoms with Gasteiger partial charge in [0.1, 0.15) is 0 Å². The molecular weight excluding hydrogens is 286 g/mol. The molecular formula is C12H22ClN3O2S. The van der Waals surface area contributed by atoms with Crippen LogP contribution in [0.3, 0.4) is 0 Å². The van der Waals surface area contributed by atoms with Gasteiger partial charge in [0.25, 0.3) is 0 Å². The van der Waals surface area contributed by atoms with Gasteiger partial charge in [-0.15, -0.1) is 23.7 Å². The third kappa shape index (κ3) is 5.62. The molecule has 0 radical (unpaired) electrons. The molecule has 1 saturated heterocycles. The van der Waals surface area contributed by atoms with Crippen LogP contribution in [0, 0.1) is 0 Å². The minimum absolute atomic E-state index is 0. The van der Waals surface area contributed by atoms with E-state index in [0.29, 0.717) is 24.4 Å². The van der Waals surface area contributed by atoms with Crippen molar-refractivity contribution in [3.63, 3.8) is 0 Å². The van der Waals surface area contributed by atoms with Gasteiger partial charge >= 0.3 is 0 Å². The summed E-state index contributed by atoms with van der Waals surface area (Å²) in [5.74, 6) is 0. The Balaban J connectivity index is 0.00000180. The minimum atomic E-state index is 0. The highest BCUT2D eigenvalue weighted by Crippen LogP contribution is 2.20. The number of nitrogens with zero attached hydrogens (tertiary/aromatic N) is 2. The van der Waals surface area contributed by atoms with Gasteiger partial charge < -0.3 is 15.2 Å². The lowest BCUT2D eigenvalue weighted by Gasteiger charge is -2.15. The van der Waals surface area contributed by atoms with Crippen LogP contribution in [0.5, 0.6) is 0 Å². The first-order valence-corrected chi connectivity index (χ1v) is 7.21. The van der Waals surface area contributed by atoms with Crippen LogP contribution in [-0.4, -0.2) is 48.9 Å². The predicted molar refractivity (Wildman–Crippen MR) is 79.9 cm³/mol. The standard InChI is InChI=1S/C12H21N3O2S.ClH/c1-2-16-5-6-17-10-3-4-15(8-10)9-11-7-14-12(13)18-11;/h7,10H,2-6,8-9H2,1H3,(H2,13,14);1H/t10-;/m0./s1. The second-order valence-electron chi connectivity index (χ2n) is 4.38. The number of thiazole rings is 1. The van der Waals surface area contributed by atoms with Crippen LogP contribution in [0.2, 0.25) is 0 Å². The fourth-order valence-electron chi connectivity index (χ4n) is 2.11. The van der Waals surface area contributed by atoms with E-state index in [1.807, 2.05) is 13.1 Å². The molecule has 1 aromatic rings. The Hall–Kier alpha value is -0.400. The normalized spacial score (nSPS) is 19.5. The maximum atomic E-state index is 5.77. The second kappa shape index (κ2) is 8.71. The van der Waals surface area contributed by atoms with Crippen molar-refractivity contribution >= 4 is 28.9 Å². The molecule has 0 bridgehead atoms. The number of aromatic nitrogens is 1. The summed E-state index contributed by atoms with van der Waals surface area (Å²) in [6.07, 6.45) is 3.31. The number of halogens is 1. The van der Waals surface area contributed by atoms with Crippen molar-refractivity contribution in [2.75, 3.05) is 38.6 Å². The number of hydrogen-bond donors (Lipinski definition) is 1. The quantitative estimate of drug-likeness (QED) is 0.778. The predicted octanol–water partition coefficient (Wildman–Crippen LogP) is 1.77. The highest BCUT2D eigenvalue weighted by Gasteiger charge is 2.23. The van der Waals surface area contributed by atoms with Crippen LogP contribution in [0.1, 0.15) is 18.2 Å². The zero-order valence-corrected chi connectivity index (χ0v) is 12.8. The Morgan fingerprint density at radius 1 is 1.53 bits per heavy atom. The average molecular weight is 308 g/mol. The molecule has 1 aromatic heterocycles. The van der Waals surface area contributed by atoms with Crippen molar-refractivity contribution < 1.29 is 9.47 Å². The molecule has 0 saturated carbocycles. The van der Waals surface area contributed by atoms with E-state index >= 15 is 0 Å². The largest absolute Gasteiger partial charge is 0.379 e. The van der Waals surface area contributed by atoms with E-state index in [4.69, 9.17) is 15.2 Å². The van der Waals surface area contributed by atoms with Gasteiger partial charge in [-0.05, 0) is 13.3 Å². The summed E-state index contributed by atoms with van der Waals surface area (Å²) in [6, 6.07) is 0. The third-order valence-corrected chi connectivity index (χ3v) is 3.78. The van der Waals surface area contributed by atoms with E-state index in [0.717, 1.165) is 32.7 Å². The van der Waals surface area contributed by atoms with Crippen LogP contribution in [0.25, 0.3) is 0 Å². The number of nitrogen functional groups attached to an aromatic ring is 1. The molecule has 2 N–H and O–H groups in total. The van der Waals surface area contributed by atoms with Crippen LogP contribution >= 0.6 is 23.7 Å². The number of likely N-dealkylation sites (tertiary alicyclic amines) is 1. The van der Waals surface area contributed by atoms with Crippen molar-refractivity contribution in [2.45, 2.75) is 26.0 Å². The number of nitrogens with two attached hydrogens (primary N) is 1. The van der Waals surface area contributed by atoms with E-state index in [2.05, 4.69) is 9.88 Å². The Bertz CT molecular complexity index is 364. The lowest BCUT2D eigenvalue weighted by Crippen LogP contribution is -2.23. The highest BCUT2D eigenvalue weighted by atomic mass is 35.5. The van der Waals surface area contributed by atoms with Crippen LogP contribution in [0.15, 0.2) is 6.20 Å². The van der Waals surface area contributed by atoms with Gasteiger partial charge in [0.15, 0.2) is 5.13 Å². The van der Waals surface area contributed by atoms with Gasteiger partial charge in [-0.25, -0.2) is 4.98 Å². The van der Waals surface area contributed by atoms with E-state index in [1.54, 1.807) is 11.3 Å². The van der Waals surface area contributed by atoms with E-state index in [1.165, 1.54) is 4.88 Å². The van der Waals surface area contributed by atoms with Gasteiger partial charge in [0.05, 0.1) is 19.3 Å². The molecule has 0 spiro atoms. The van der Waals surface area contributed by atoms with Crippen molar-refractivity contribution in [1.82, 2.24) is 9.88 Å². The summed E-state index contributed by atoms with van der Waals surface area (Å²) < 4.78 is 11.0. The van der Waals surface area contributed by atoms with Crippen LogP contribution in [-0.2, 0) is 16.0 Å². The number of rotatable bonds is 7. The van der Waals surface area contributed by atoms with Gasteiger partial charge in [0.2, 0.25) is 0 Å². The molecule has 0 aliphatic carbocycles. The Morgan fingerprint density at radius 3 is 3.05 bits per heavy atom.